The number of hydrogen-bond acceptors (Lipinski definition) is 7. The van der Waals surface area contributed by atoms with Crippen LogP contribution in [0.15, 0.2) is 71.2 Å². The normalized spacial score (nSPS) is 12.3. The summed E-state index contributed by atoms with van der Waals surface area (Å²) in [5.74, 6) is -0.720. The van der Waals surface area contributed by atoms with E-state index in [-0.39, 0.29) is 28.3 Å². The molecule has 4 heterocycles. The molecular weight excluding hydrogens is 482 g/mol. The van der Waals surface area contributed by atoms with E-state index in [4.69, 9.17) is 0 Å². The van der Waals surface area contributed by atoms with Crippen molar-refractivity contribution in [2.75, 3.05) is 5.32 Å². The fourth-order valence-electron chi connectivity index (χ4n) is 3.44. The zero-order valence-corrected chi connectivity index (χ0v) is 18.7. The summed E-state index contributed by atoms with van der Waals surface area (Å²) < 4.78 is 46.8. The average molecular weight is 498 g/mol. The Morgan fingerprint density at radius 2 is 2.14 bits per heavy atom. The molecule has 1 atom stereocenters. The number of fused-ring (bicyclic) bond motifs is 1. The standard InChI is InChI=1S/C21H16F2N8O3S/c1-30-11-16(28-20(32)15-10-27-31-6-2-5-24-19(15)31)18(29-30)14-7-12(3-4-17(14)34-21(22)23)35(33)13-8-25-26-9-13/h2-11,21H,1H3,(H,25,26)(H,28,32). The summed E-state index contributed by atoms with van der Waals surface area (Å²) in [5, 5.41) is 17.5. The molecular formula is C21H16F2N8O3S. The number of halogens is 2. The highest BCUT2D eigenvalue weighted by Gasteiger charge is 2.25. The number of amides is 1. The number of rotatable bonds is 7. The Kier molecular flexibility index (Phi) is 5.88. The van der Waals surface area contributed by atoms with Crippen molar-refractivity contribution in [1.82, 2.24) is 34.6 Å². The summed E-state index contributed by atoms with van der Waals surface area (Å²) in [4.78, 5) is 17.9. The van der Waals surface area contributed by atoms with Crippen molar-refractivity contribution in [2.45, 2.75) is 16.4 Å². The molecule has 178 valence electrons. The maximum Gasteiger partial charge on any atom is 0.387 e. The fraction of sp³-hybridized carbons (Fsp3) is 0.0952. The van der Waals surface area contributed by atoms with Crippen LogP contribution in [0.1, 0.15) is 10.4 Å². The molecule has 0 saturated carbocycles. The van der Waals surface area contributed by atoms with Crippen molar-refractivity contribution in [3.63, 3.8) is 0 Å². The molecule has 0 aliphatic heterocycles. The molecule has 5 rings (SSSR count). The number of nitrogens with zero attached hydrogens (tertiary/aromatic N) is 6. The van der Waals surface area contributed by atoms with Crippen LogP contribution in [0.25, 0.3) is 16.9 Å². The summed E-state index contributed by atoms with van der Waals surface area (Å²) in [6.07, 6.45) is 8.93. The predicted octanol–water partition coefficient (Wildman–Crippen LogP) is 2.87. The first-order valence-corrected chi connectivity index (χ1v) is 11.2. The molecule has 0 aliphatic rings. The van der Waals surface area contributed by atoms with Crippen molar-refractivity contribution in [2.24, 2.45) is 7.05 Å². The minimum Gasteiger partial charge on any atom is -0.606 e. The number of alkyl halides is 2. The van der Waals surface area contributed by atoms with Gasteiger partial charge in [0.2, 0.25) is 0 Å². The first-order chi connectivity index (χ1) is 16.9. The summed E-state index contributed by atoms with van der Waals surface area (Å²) in [6, 6.07) is 5.79. The minimum atomic E-state index is -3.11. The molecule has 5 aromatic rings. The van der Waals surface area contributed by atoms with Gasteiger partial charge in [0.15, 0.2) is 15.4 Å². The van der Waals surface area contributed by atoms with Gasteiger partial charge < -0.3 is 14.6 Å². The molecule has 0 spiro atoms. The predicted molar refractivity (Wildman–Crippen MR) is 119 cm³/mol. The van der Waals surface area contributed by atoms with Crippen LogP contribution in [0, 0.1) is 0 Å². The maximum atomic E-state index is 13.1. The van der Waals surface area contributed by atoms with Gasteiger partial charge >= 0.3 is 6.61 Å². The van der Waals surface area contributed by atoms with Crippen LogP contribution < -0.4 is 10.1 Å². The highest BCUT2D eigenvalue weighted by atomic mass is 32.2. The number of aromatic nitrogens is 7. The molecule has 0 bridgehead atoms. The van der Waals surface area contributed by atoms with E-state index in [1.807, 2.05) is 0 Å². The first kappa shape index (κ1) is 22.5. The number of hydrogen-bond donors (Lipinski definition) is 2. The molecule has 0 radical (unpaired) electrons. The molecule has 1 amide bonds. The van der Waals surface area contributed by atoms with Gasteiger partial charge in [0.1, 0.15) is 23.2 Å². The van der Waals surface area contributed by atoms with E-state index in [2.05, 4.69) is 35.4 Å². The number of carbonyl (C=O) groups is 1. The third-order valence-electron chi connectivity index (χ3n) is 4.92. The van der Waals surface area contributed by atoms with Crippen LogP contribution in [0.2, 0.25) is 0 Å². The van der Waals surface area contributed by atoms with E-state index in [9.17, 15) is 18.1 Å². The van der Waals surface area contributed by atoms with Gasteiger partial charge in [0.05, 0.1) is 23.6 Å². The Bertz CT molecular complexity index is 1500. The van der Waals surface area contributed by atoms with Crippen molar-refractivity contribution in [3.8, 4) is 17.0 Å². The van der Waals surface area contributed by atoms with Crippen LogP contribution in [0.4, 0.5) is 14.5 Å². The van der Waals surface area contributed by atoms with Crippen LogP contribution in [0.5, 0.6) is 5.75 Å². The molecule has 35 heavy (non-hydrogen) atoms. The van der Waals surface area contributed by atoms with Gasteiger partial charge in [-0.3, -0.25) is 14.6 Å². The smallest absolute Gasteiger partial charge is 0.387 e. The molecule has 0 saturated heterocycles. The van der Waals surface area contributed by atoms with Gasteiger partial charge in [-0.15, -0.1) is 0 Å². The Labute approximate surface area is 198 Å². The molecule has 1 unspecified atom stereocenters. The zero-order chi connectivity index (χ0) is 24.5. The summed E-state index contributed by atoms with van der Waals surface area (Å²) in [7, 11) is 1.61. The van der Waals surface area contributed by atoms with E-state index in [0.29, 0.717) is 15.4 Å². The highest BCUT2D eigenvalue weighted by molar-refractivity contribution is 7.91. The second kappa shape index (κ2) is 9.15. The van der Waals surface area contributed by atoms with Gasteiger partial charge in [-0.1, -0.05) is 0 Å². The molecule has 14 heteroatoms. The fourth-order valence-corrected chi connectivity index (χ4v) is 4.44. The molecule has 0 fully saturated rings. The van der Waals surface area contributed by atoms with E-state index in [1.54, 1.807) is 19.3 Å². The largest absolute Gasteiger partial charge is 0.606 e. The van der Waals surface area contributed by atoms with E-state index in [0.717, 1.165) is 0 Å². The highest BCUT2D eigenvalue weighted by Crippen LogP contribution is 2.37. The lowest BCUT2D eigenvalue weighted by molar-refractivity contribution is -0.0494. The lowest BCUT2D eigenvalue weighted by Crippen LogP contribution is -2.12. The Hall–Kier alpha value is -4.30. The van der Waals surface area contributed by atoms with Crippen LogP contribution in [-0.2, 0) is 18.2 Å². The number of aryl methyl sites for hydroxylation is 1. The van der Waals surface area contributed by atoms with Gasteiger partial charge in [-0.05, 0) is 18.2 Å². The third kappa shape index (κ3) is 4.43. The Balaban J connectivity index is 1.55. The quantitative estimate of drug-likeness (QED) is 0.329. The van der Waals surface area contributed by atoms with Gasteiger partial charge in [0.25, 0.3) is 5.91 Å². The van der Waals surface area contributed by atoms with Crippen molar-refractivity contribution < 1.29 is 22.9 Å². The summed E-state index contributed by atoms with van der Waals surface area (Å²) in [5.41, 5.74) is 1.03. The third-order valence-corrected chi connectivity index (χ3v) is 6.26. The number of aromatic amines is 1. The van der Waals surface area contributed by atoms with E-state index < -0.39 is 23.7 Å². The second-order valence-electron chi connectivity index (χ2n) is 7.20. The monoisotopic (exact) mass is 498 g/mol. The molecule has 0 aliphatic carbocycles. The molecule has 2 N–H and O–H groups in total. The molecule has 1 aromatic carbocycles. The minimum absolute atomic E-state index is 0.119. The number of ether oxygens (including phenoxy) is 1. The average Bonchev–Trinajstić information content (AvgIpc) is 3.58. The molecule has 11 nitrogen and oxygen atoms in total. The summed E-state index contributed by atoms with van der Waals surface area (Å²) in [6.45, 7) is -3.11. The summed E-state index contributed by atoms with van der Waals surface area (Å²) >= 11 is -1.65. The number of anilines is 1. The van der Waals surface area contributed by atoms with Crippen molar-refractivity contribution in [1.29, 1.82) is 0 Å². The van der Waals surface area contributed by atoms with Crippen LogP contribution >= 0.6 is 0 Å². The number of benzene rings is 1. The SMILES string of the molecule is Cn1cc(NC(=O)c2cnn3cccnc23)c(-c2cc([S+]([O-])c3cn[nH]c3)ccc2OC(F)F)n1. The number of nitrogens with one attached hydrogen (secondary N) is 2. The first-order valence-electron chi connectivity index (χ1n) is 10.0. The Morgan fingerprint density at radius 3 is 2.91 bits per heavy atom. The lowest BCUT2D eigenvalue weighted by Gasteiger charge is -2.14. The van der Waals surface area contributed by atoms with Gasteiger partial charge in [0, 0.05) is 42.9 Å². The van der Waals surface area contributed by atoms with E-state index >= 15 is 0 Å². The molecule has 4 aromatic heterocycles. The zero-order valence-electron chi connectivity index (χ0n) is 17.9. The van der Waals surface area contributed by atoms with Crippen molar-refractivity contribution >= 4 is 28.4 Å². The second-order valence-corrected chi connectivity index (χ2v) is 8.68. The van der Waals surface area contributed by atoms with Crippen molar-refractivity contribution in [3.05, 3.63) is 67.0 Å². The number of H-pyrrole nitrogens is 1. The Morgan fingerprint density at radius 1 is 1.29 bits per heavy atom. The van der Waals surface area contributed by atoms with Gasteiger partial charge in [-0.25, -0.2) is 9.50 Å². The van der Waals surface area contributed by atoms with Crippen LogP contribution in [0.3, 0.4) is 0 Å². The topological polar surface area (TPSA) is 138 Å². The lowest BCUT2D eigenvalue weighted by atomic mass is 10.1. The van der Waals surface area contributed by atoms with E-state index in [1.165, 1.54) is 58.4 Å². The van der Waals surface area contributed by atoms with Crippen LogP contribution in [-0.4, -0.2) is 51.6 Å². The maximum absolute atomic E-state index is 13.1. The van der Waals surface area contributed by atoms with Gasteiger partial charge in [-0.2, -0.15) is 24.1 Å². The number of carbonyl (C=O) groups excluding carboxylic acids is 1.